The Morgan fingerprint density at radius 1 is 1.00 bits per heavy atom. The molecule has 0 aromatic rings. The van der Waals surface area contributed by atoms with E-state index in [1.807, 2.05) is 41.5 Å². The predicted octanol–water partition coefficient (Wildman–Crippen LogP) is 3.04. The standard InChI is InChI=1S/C18H31NO5/c1-16(2,3)23-14(20)10-22-11-18-7-12(8-18)13(9-18)19-15(21)24-17(4,5)6/h12-13H,7-11H2,1-6H3,(H,19,21)/t12?,13-,18?/m0/s1. The van der Waals surface area contributed by atoms with Crippen molar-refractivity contribution in [3.8, 4) is 0 Å². The lowest BCUT2D eigenvalue weighted by Gasteiger charge is -2.38. The van der Waals surface area contributed by atoms with Crippen molar-refractivity contribution in [1.29, 1.82) is 0 Å². The number of alkyl carbamates (subject to hydrolysis) is 1. The highest BCUT2D eigenvalue weighted by Gasteiger charge is 2.56. The fourth-order valence-corrected chi connectivity index (χ4v) is 3.66. The van der Waals surface area contributed by atoms with Gasteiger partial charge in [0.1, 0.15) is 17.8 Å². The first-order valence-corrected chi connectivity index (χ1v) is 8.67. The maximum absolute atomic E-state index is 11.9. The third-order valence-corrected chi connectivity index (χ3v) is 4.36. The third-order valence-electron chi connectivity index (χ3n) is 4.36. The van der Waals surface area contributed by atoms with E-state index in [1.165, 1.54) is 0 Å². The minimum absolute atomic E-state index is 0.0200. The van der Waals surface area contributed by atoms with E-state index < -0.39 is 11.2 Å². The summed E-state index contributed by atoms with van der Waals surface area (Å²) in [5.74, 6) is 0.152. The summed E-state index contributed by atoms with van der Waals surface area (Å²) in [4.78, 5) is 23.6. The molecular weight excluding hydrogens is 310 g/mol. The Morgan fingerprint density at radius 3 is 2.12 bits per heavy atom. The molecule has 0 unspecified atom stereocenters. The minimum Gasteiger partial charge on any atom is -0.458 e. The molecule has 3 fully saturated rings. The van der Waals surface area contributed by atoms with Crippen LogP contribution in [0.4, 0.5) is 4.79 Å². The summed E-state index contributed by atoms with van der Waals surface area (Å²) < 4.78 is 16.1. The summed E-state index contributed by atoms with van der Waals surface area (Å²) in [5, 5.41) is 2.97. The topological polar surface area (TPSA) is 73.9 Å². The van der Waals surface area contributed by atoms with E-state index in [9.17, 15) is 9.59 Å². The van der Waals surface area contributed by atoms with Gasteiger partial charge in [0.25, 0.3) is 0 Å². The first-order valence-electron chi connectivity index (χ1n) is 8.67. The summed E-state index contributed by atoms with van der Waals surface area (Å²) in [6.45, 7) is 11.6. The predicted molar refractivity (Wildman–Crippen MR) is 89.6 cm³/mol. The van der Waals surface area contributed by atoms with E-state index in [0.717, 1.165) is 19.3 Å². The Labute approximate surface area is 144 Å². The zero-order valence-electron chi connectivity index (χ0n) is 15.7. The van der Waals surface area contributed by atoms with Gasteiger partial charge in [-0.3, -0.25) is 0 Å². The second-order valence-electron chi connectivity index (χ2n) is 9.20. The molecule has 3 aliphatic carbocycles. The van der Waals surface area contributed by atoms with Crippen LogP contribution in [0.25, 0.3) is 0 Å². The van der Waals surface area contributed by atoms with Gasteiger partial charge in [0.15, 0.2) is 0 Å². The van der Waals surface area contributed by atoms with Crippen LogP contribution in [0.1, 0.15) is 60.8 Å². The number of carbonyl (C=O) groups is 2. The van der Waals surface area contributed by atoms with Crippen LogP contribution >= 0.6 is 0 Å². The molecule has 24 heavy (non-hydrogen) atoms. The summed E-state index contributed by atoms with van der Waals surface area (Å²) in [5.41, 5.74) is -0.887. The molecule has 0 heterocycles. The van der Waals surface area contributed by atoms with Crippen LogP contribution < -0.4 is 5.32 Å². The molecule has 138 valence electrons. The van der Waals surface area contributed by atoms with Gasteiger partial charge in [0.2, 0.25) is 0 Å². The quantitative estimate of drug-likeness (QED) is 0.778. The normalized spacial score (nSPS) is 28.9. The van der Waals surface area contributed by atoms with Gasteiger partial charge in [-0.2, -0.15) is 0 Å². The molecule has 0 aromatic carbocycles. The van der Waals surface area contributed by atoms with Gasteiger partial charge >= 0.3 is 12.1 Å². The van der Waals surface area contributed by atoms with E-state index in [2.05, 4.69) is 5.32 Å². The number of esters is 1. The number of carbonyl (C=O) groups excluding carboxylic acids is 2. The Kier molecular flexibility index (Phi) is 5.19. The molecule has 0 aliphatic heterocycles. The van der Waals surface area contributed by atoms with Crippen molar-refractivity contribution >= 4 is 12.1 Å². The number of ether oxygens (including phenoxy) is 3. The largest absolute Gasteiger partial charge is 0.458 e. The van der Waals surface area contributed by atoms with Crippen molar-refractivity contribution < 1.29 is 23.8 Å². The number of nitrogens with one attached hydrogen (secondary N) is 1. The smallest absolute Gasteiger partial charge is 0.407 e. The van der Waals surface area contributed by atoms with E-state index >= 15 is 0 Å². The van der Waals surface area contributed by atoms with Crippen LogP contribution in [0, 0.1) is 11.3 Å². The lowest BCUT2D eigenvalue weighted by molar-refractivity contribution is -0.162. The van der Waals surface area contributed by atoms with Crippen molar-refractivity contribution in [2.24, 2.45) is 11.3 Å². The summed E-state index contributed by atoms with van der Waals surface area (Å²) in [6, 6.07) is 0.143. The number of fused-ring (bicyclic) bond motifs is 1. The molecule has 1 amide bonds. The van der Waals surface area contributed by atoms with Gasteiger partial charge in [0.05, 0.1) is 6.61 Å². The molecule has 0 spiro atoms. The number of amides is 1. The molecule has 2 bridgehead atoms. The average Bonchev–Trinajstić information content (AvgIpc) is 2.77. The van der Waals surface area contributed by atoms with Gasteiger partial charge in [-0.25, -0.2) is 9.59 Å². The molecule has 6 heteroatoms. The van der Waals surface area contributed by atoms with Crippen molar-refractivity contribution in [1.82, 2.24) is 5.32 Å². The Balaban J connectivity index is 1.70. The summed E-state index contributed by atoms with van der Waals surface area (Å²) >= 11 is 0. The van der Waals surface area contributed by atoms with E-state index in [0.29, 0.717) is 12.5 Å². The molecule has 0 aromatic heterocycles. The molecule has 3 saturated carbocycles. The van der Waals surface area contributed by atoms with Crippen molar-refractivity contribution in [2.75, 3.05) is 13.2 Å². The van der Waals surface area contributed by atoms with Crippen molar-refractivity contribution in [3.63, 3.8) is 0 Å². The van der Waals surface area contributed by atoms with Gasteiger partial charge < -0.3 is 19.5 Å². The lowest BCUT2D eigenvalue weighted by Crippen LogP contribution is -2.40. The van der Waals surface area contributed by atoms with E-state index in [1.54, 1.807) is 0 Å². The Hall–Kier alpha value is -1.30. The number of hydrogen-bond acceptors (Lipinski definition) is 5. The van der Waals surface area contributed by atoms with Gasteiger partial charge in [-0.05, 0) is 72.1 Å². The van der Waals surface area contributed by atoms with Gasteiger partial charge in [0, 0.05) is 6.04 Å². The Morgan fingerprint density at radius 2 is 1.58 bits per heavy atom. The zero-order chi connectivity index (χ0) is 18.2. The SMILES string of the molecule is CC(C)(C)OC(=O)COCC12CC(C1)[C@@H](NC(=O)OC(C)(C)C)C2. The fourth-order valence-electron chi connectivity index (χ4n) is 3.66. The van der Waals surface area contributed by atoms with E-state index in [4.69, 9.17) is 14.2 Å². The molecule has 6 nitrogen and oxygen atoms in total. The zero-order valence-corrected chi connectivity index (χ0v) is 15.7. The minimum atomic E-state index is -0.490. The lowest BCUT2D eigenvalue weighted by atomic mass is 9.70. The molecule has 3 rings (SSSR count). The van der Waals surface area contributed by atoms with Crippen LogP contribution in [-0.2, 0) is 19.0 Å². The molecule has 0 radical (unpaired) electrons. The van der Waals surface area contributed by atoms with Crippen LogP contribution in [0.5, 0.6) is 0 Å². The fraction of sp³-hybridized carbons (Fsp3) is 0.889. The first-order chi connectivity index (χ1) is 10.9. The first kappa shape index (κ1) is 19.0. The second-order valence-corrected chi connectivity index (χ2v) is 9.20. The Bertz CT molecular complexity index is 483. The maximum Gasteiger partial charge on any atom is 0.407 e. The number of rotatable bonds is 5. The van der Waals surface area contributed by atoms with Crippen LogP contribution in [0.15, 0.2) is 0 Å². The van der Waals surface area contributed by atoms with Crippen molar-refractivity contribution in [2.45, 2.75) is 78.0 Å². The highest BCUT2D eigenvalue weighted by Crippen LogP contribution is 2.58. The van der Waals surface area contributed by atoms with Gasteiger partial charge in [-0.1, -0.05) is 0 Å². The molecule has 1 atom stereocenters. The second kappa shape index (κ2) is 6.54. The molecule has 1 N–H and O–H groups in total. The highest BCUT2D eigenvalue weighted by molar-refractivity contribution is 5.71. The average molecular weight is 341 g/mol. The summed E-state index contributed by atoms with van der Waals surface area (Å²) in [6.07, 6.45) is 2.58. The third kappa shape index (κ3) is 5.36. The van der Waals surface area contributed by atoms with Crippen LogP contribution in [0.2, 0.25) is 0 Å². The number of hydrogen-bond donors (Lipinski definition) is 1. The molecule has 3 aliphatic rings. The van der Waals surface area contributed by atoms with Crippen LogP contribution in [0.3, 0.4) is 0 Å². The summed E-state index contributed by atoms with van der Waals surface area (Å²) in [7, 11) is 0. The van der Waals surface area contributed by atoms with E-state index in [-0.39, 0.29) is 30.1 Å². The molecule has 0 saturated heterocycles. The molecular formula is C18H31NO5. The highest BCUT2D eigenvalue weighted by atomic mass is 16.6. The van der Waals surface area contributed by atoms with Gasteiger partial charge in [-0.15, -0.1) is 0 Å². The van der Waals surface area contributed by atoms with Crippen molar-refractivity contribution in [3.05, 3.63) is 0 Å². The monoisotopic (exact) mass is 341 g/mol. The maximum atomic E-state index is 11.9. The van der Waals surface area contributed by atoms with Crippen LogP contribution in [-0.4, -0.2) is 42.5 Å².